The van der Waals surface area contributed by atoms with Crippen molar-refractivity contribution < 1.29 is 9.13 Å². The van der Waals surface area contributed by atoms with E-state index in [1.165, 1.54) is 12.1 Å². The molecule has 2 aromatic rings. The largest absolute Gasteiger partial charge is 0.379 e. The zero-order valence-electron chi connectivity index (χ0n) is 14.7. The van der Waals surface area contributed by atoms with E-state index in [0.29, 0.717) is 19.6 Å². The number of hydrogen-bond acceptors (Lipinski definition) is 4. The fourth-order valence-electron chi connectivity index (χ4n) is 3.54. The minimum Gasteiger partial charge on any atom is -0.379 e. The Morgan fingerprint density at radius 3 is 2.76 bits per heavy atom. The molecule has 1 aromatic heterocycles. The molecule has 0 N–H and O–H groups in total. The van der Waals surface area contributed by atoms with Crippen LogP contribution < -0.4 is 0 Å². The molecular weight excluding hydrogens is 319 g/mol. The fraction of sp³-hybridized carbons (Fsp3) is 0.474. The molecule has 1 saturated heterocycles. The Balaban J connectivity index is 1.74. The van der Waals surface area contributed by atoms with E-state index in [4.69, 9.17) is 10.00 Å². The summed E-state index contributed by atoms with van der Waals surface area (Å²) in [6.07, 6.45) is 4.12. The molecule has 1 unspecified atom stereocenters. The van der Waals surface area contributed by atoms with Gasteiger partial charge in [0.1, 0.15) is 11.6 Å². The number of aromatic nitrogens is 2. The Morgan fingerprint density at radius 2 is 2.08 bits per heavy atom. The first-order valence-electron chi connectivity index (χ1n) is 8.51. The second kappa shape index (κ2) is 7.34. The first kappa shape index (κ1) is 17.6. The first-order chi connectivity index (χ1) is 12.0. The maximum atomic E-state index is 13.2. The number of imidazole rings is 1. The molecule has 1 aliphatic heterocycles. The second-order valence-corrected chi connectivity index (χ2v) is 7.01. The lowest BCUT2D eigenvalue weighted by molar-refractivity contribution is -0.0705. The van der Waals surface area contributed by atoms with Crippen LogP contribution in [0, 0.1) is 22.6 Å². The molecule has 3 rings (SSSR count). The van der Waals surface area contributed by atoms with E-state index in [2.05, 4.69) is 29.8 Å². The van der Waals surface area contributed by atoms with Crippen LogP contribution in [0.1, 0.15) is 32.1 Å². The summed E-state index contributed by atoms with van der Waals surface area (Å²) in [6, 6.07) is 8.71. The Bertz CT molecular complexity index is 748. The monoisotopic (exact) mass is 342 g/mol. The SMILES string of the molecule is CC1(C)CN(CCOCCC#N)C1c1nccn1-c1ccc(F)cc1. The van der Waals surface area contributed by atoms with E-state index < -0.39 is 0 Å². The summed E-state index contributed by atoms with van der Waals surface area (Å²) in [6.45, 7) is 7.31. The van der Waals surface area contributed by atoms with E-state index >= 15 is 0 Å². The van der Waals surface area contributed by atoms with Gasteiger partial charge < -0.3 is 9.30 Å². The molecule has 2 heterocycles. The number of rotatable bonds is 7. The Hall–Kier alpha value is -2.23. The summed E-state index contributed by atoms with van der Waals surface area (Å²) in [5, 5.41) is 8.55. The molecule has 0 spiro atoms. The van der Waals surface area contributed by atoms with E-state index in [-0.39, 0.29) is 17.3 Å². The highest BCUT2D eigenvalue weighted by Gasteiger charge is 2.48. The number of halogens is 1. The lowest BCUT2D eigenvalue weighted by Gasteiger charge is -2.53. The van der Waals surface area contributed by atoms with E-state index in [1.807, 2.05) is 10.8 Å². The average Bonchev–Trinajstić information content (AvgIpc) is 3.02. The summed E-state index contributed by atoms with van der Waals surface area (Å²) < 4.78 is 20.7. The standard InChI is InChI=1S/C19H23FN4O/c1-19(2)14-23(11-13-25-12-3-8-21)17(19)18-22-9-10-24(18)16-6-4-15(20)5-7-16/h4-7,9-10,17H,3,11-14H2,1-2H3. The molecule has 0 saturated carbocycles. The van der Waals surface area contributed by atoms with Crippen molar-refractivity contribution in [3.63, 3.8) is 0 Å². The molecule has 1 aromatic carbocycles. The van der Waals surface area contributed by atoms with Gasteiger partial charge >= 0.3 is 0 Å². The Labute approximate surface area is 147 Å². The van der Waals surface area contributed by atoms with Gasteiger partial charge in [0.15, 0.2) is 0 Å². The van der Waals surface area contributed by atoms with Crippen LogP contribution in [0.15, 0.2) is 36.7 Å². The van der Waals surface area contributed by atoms with Crippen LogP contribution in [0.25, 0.3) is 5.69 Å². The number of benzene rings is 1. The molecule has 0 bridgehead atoms. The molecule has 1 atom stereocenters. The van der Waals surface area contributed by atoms with Crippen molar-refractivity contribution in [3.8, 4) is 11.8 Å². The van der Waals surface area contributed by atoms with Gasteiger partial charge in [0.05, 0.1) is 31.7 Å². The zero-order valence-corrected chi connectivity index (χ0v) is 14.7. The highest BCUT2D eigenvalue weighted by Crippen LogP contribution is 2.47. The normalized spacial score (nSPS) is 19.4. The maximum absolute atomic E-state index is 13.2. The molecule has 1 fully saturated rings. The van der Waals surface area contributed by atoms with Crippen molar-refractivity contribution in [2.24, 2.45) is 5.41 Å². The van der Waals surface area contributed by atoms with Crippen LogP contribution in [0.2, 0.25) is 0 Å². The summed E-state index contributed by atoms with van der Waals surface area (Å²) >= 11 is 0. The van der Waals surface area contributed by atoms with Crippen LogP contribution in [0.3, 0.4) is 0 Å². The van der Waals surface area contributed by atoms with Gasteiger partial charge in [0.25, 0.3) is 0 Å². The van der Waals surface area contributed by atoms with E-state index in [9.17, 15) is 4.39 Å². The predicted molar refractivity (Wildman–Crippen MR) is 92.7 cm³/mol. The Kier molecular flexibility index (Phi) is 5.16. The smallest absolute Gasteiger partial charge is 0.131 e. The minimum atomic E-state index is -0.245. The highest BCUT2D eigenvalue weighted by molar-refractivity contribution is 5.34. The molecule has 0 amide bonds. The van der Waals surface area contributed by atoms with Gasteiger partial charge in [0, 0.05) is 36.6 Å². The number of likely N-dealkylation sites (tertiary alicyclic amines) is 1. The molecular formula is C19H23FN4O. The molecule has 0 radical (unpaired) electrons. The van der Waals surface area contributed by atoms with Crippen LogP contribution in [0.5, 0.6) is 0 Å². The fourth-order valence-corrected chi connectivity index (χ4v) is 3.54. The van der Waals surface area contributed by atoms with Crippen molar-refractivity contribution in [2.45, 2.75) is 26.3 Å². The maximum Gasteiger partial charge on any atom is 0.131 e. The van der Waals surface area contributed by atoms with Crippen LogP contribution in [0.4, 0.5) is 4.39 Å². The summed E-state index contributed by atoms with van der Waals surface area (Å²) in [4.78, 5) is 6.93. The van der Waals surface area contributed by atoms with Gasteiger partial charge in [-0.15, -0.1) is 0 Å². The van der Waals surface area contributed by atoms with Gasteiger partial charge in [-0.25, -0.2) is 9.37 Å². The number of hydrogen-bond donors (Lipinski definition) is 0. The van der Waals surface area contributed by atoms with Crippen molar-refractivity contribution in [1.82, 2.24) is 14.5 Å². The van der Waals surface area contributed by atoms with Crippen LogP contribution >= 0.6 is 0 Å². The van der Waals surface area contributed by atoms with Gasteiger partial charge in [0.2, 0.25) is 0 Å². The summed E-state index contributed by atoms with van der Waals surface area (Å²) in [5.74, 6) is 0.713. The third kappa shape index (κ3) is 3.73. The molecule has 1 aliphatic rings. The lowest BCUT2D eigenvalue weighted by atomic mass is 9.74. The van der Waals surface area contributed by atoms with Gasteiger partial charge in [-0.05, 0) is 24.3 Å². The number of nitrogens with zero attached hydrogens (tertiary/aromatic N) is 4. The van der Waals surface area contributed by atoms with Crippen molar-refractivity contribution in [3.05, 3.63) is 48.3 Å². The molecule has 5 nitrogen and oxygen atoms in total. The number of ether oxygens (including phenoxy) is 1. The van der Waals surface area contributed by atoms with Crippen LogP contribution in [-0.4, -0.2) is 40.8 Å². The average molecular weight is 342 g/mol. The highest BCUT2D eigenvalue weighted by atomic mass is 19.1. The summed E-state index contributed by atoms with van der Waals surface area (Å²) in [7, 11) is 0. The van der Waals surface area contributed by atoms with Crippen molar-refractivity contribution in [2.75, 3.05) is 26.3 Å². The first-order valence-corrected chi connectivity index (χ1v) is 8.51. The van der Waals surface area contributed by atoms with E-state index in [0.717, 1.165) is 24.6 Å². The van der Waals surface area contributed by atoms with Gasteiger partial charge in [-0.1, -0.05) is 13.8 Å². The molecule has 6 heteroatoms. The summed E-state index contributed by atoms with van der Waals surface area (Å²) in [5.41, 5.74) is 1.01. The second-order valence-electron chi connectivity index (χ2n) is 7.01. The van der Waals surface area contributed by atoms with Crippen LogP contribution in [-0.2, 0) is 4.74 Å². The minimum absolute atomic E-state index is 0.107. The lowest BCUT2D eigenvalue weighted by Crippen LogP contribution is -2.57. The van der Waals surface area contributed by atoms with E-state index in [1.54, 1.807) is 18.3 Å². The quantitative estimate of drug-likeness (QED) is 0.724. The third-order valence-electron chi connectivity index (χ3n) is 4.62. The van der Waals surface area contributed by atoms with Crippen molar-refractivity contribution >= 4 is 0 Å². The van der Waals surface area contributed by atoms with Gasteiger partial charge in [-0.3, -0.25) is 4.90 Å². The molecule has 0 aliphatic carbocycles. The number of nitriles is 1. The van der Waals surface area contributed by atoms with Crippen molar-refractivity contribution in [1.29, 1.82) is 5.26 Å². The zero-order chi connectivity index (χ0) is 17.9. The topological polar surface area (TPSA) is 54.1 Å². The Morgan fingerprint density at radius 1 is 1.32 bits per heavy atom. The van der Waals surface area contributed by atoms with Gasteiger partial charge in [-0.2, -0.15) is 5.26 Å². The third-order valence-corrected chi connectivity index (χ3v) is 4.62. The molecule has 25 heavy (non-hydrogen) atoms. The molecule has 132 valence electrons. The predicted octanol–water partition coefficient (Wildman–Crippen LogP) is 3.32.